The summed E-state index contributed by atoms with van der Waals surface area (Å²) in [6.07, 6.45) is 1.54. The standard InChI is InChI=1S/C27H22N4O4/c1-3-35-27(34)18-5-4-6-19(13-18)29-25(32)17-9-12-23-21(14-17)24-22(15-28-23)26(33)31(30-24)20-10-7-16(2)8-11-20/h4-15,30H,3H2,1-2H3,(H,29,32). The molecule has 8 nitrogen and oxygen atoms in total. The Kier molecular flexibility index (Phi) is 5.62. The largest absolute Gasteiger partial charge is 0.462 e. The van der Waals surface area contributed by atoms with E-state index < -0.39 is 5.97 Å². The van der Waals surface area contributed by atoms with Crippen LogP contribution >= 0.6 is 0 Å². The van der Waals surface area contributed by atoms with E-state index in [-0.39, 0.29) is 18.1 Å². The van der Waals surface area contributed by atoms with Crippen LogP contribution in [0.1, 0.15) is 33.2 Å². The second kappa shape index (κ2) is 8.90. The number of amides is 1. The number of benzene rings is 3. The monoisotopic (exact) mass is 466 g/mol. The van der Waals surface area contributed by atoms with Gasteiger partial charge in [0.1, 0.15) is 0 Å². The van der Waals surface area contributed by atoms with Crippen molar-refractivity contribution in [2.75, 3.05) is 11.9 Å². The van der Waals surface area contributed by atoms with Crippen molar-refractivity contribution in [3.63, 3.8) is 0 Å². The van der Waals surface area contributed by atoms with Crippen LogP contribution in [0.4, 0.5) is 5.69 Å². The van der Waals surface area contributed by atoms with Gasteiger partial charge in [0, 0.05) is 22.8 Å². The van der Waals surface area contributed by atoms with Crippen LogP contribution in [0.2, 0.25) is 0 Å². The predicted octanol–water partition coefficient (Wildman–Crippen LogP) is 4.60. The summed E-state index contributed by atoms with van der Waals surface area (Å²) in [6.45, 7) is 3.98. The maximum atomic E-state index is 13.0. The number of hydrogen-bond donors (Lipinski definition) is 2. The quantitative estimate of drug-likeness (QED) is 0.368. The van der Waals surface area contributed by atoms with Crippen LogP contribution in [0.25, 0.3) is 27.5 Å². The first-order chi connectivity index (χ1) is 16.9. The summed E-state index contributed by atoms with van der Waals surface area (Å²) in [5, 5.41) is 7.06. The van der Waals surface area contributed by atoms with Gasteiger partial charge in [-0.2, -0.15) is 0 Å². The first-order valence-electron chi connectivity index (χ1n) is 11.1. The van der Waals surface area contributed by atoms with Gasteiger partial charge in [0.25, 0.3) is 11.5 Å². The predicted molar refractivity (Wildman–Crippen MR) is 134 cm³/mol. The lowest BCUT2D eigenvalue weighted by Gasteiger charge is -2.08. The third-order valence-corrected chi connectivity index (χ3v) is 5.71. The number of fused-ring (bicyclic) bond motifs is 3. The zero-order valence-corrected chi connectivity index (χ0v) is 19.2. The van der Waals surface area contributed by atoms with Crippen LogP contribution < -0.4 is 10.9 Å². The maximum absolute atomic E-state index is 13.0. The van der Waals surface area contributed by atoms with Crippen molar-refractivity contribution < 1.29 is 14.3 Å². The molecule has 0 radical (unpaired) electrons. The third kappa shape index (κ3) is 4.17. The Balaban J connectivity index is 1.52. The van der Waals surface area contributed by atoms with Gasteiger partial charge in [0.15, 0.2) is 0 Å². The van der Waals surface area contributed by atoms with Gasteiger partial charge in [-0.25, -0.2) is 9.48 Å². The molecule has 8 heteroatoms. The van der Waals surface area contributed by atoms with Gasteiger partial charge in [-0.05, 0) is 62.4 Å². The Bertz CT molecular complexity index is 1650. The van der Waals surface area contributed by atoms with E-state index in [0.717, 1.165) is 5.56 Å². The highest BCUT2D eigenvalue weighted by molar-refractivity contribution is 6.10. The van der Waals surface area contributed by atoms with Crippen molar-refractivity contribution in [3.8, 4) is 5.69 Å². The molecule has 0 saturated heterocycles. The molecule has 0 aliphatic heterocycles. The molecule has 0 unspecified atom stereocenters. The molecule has 2 N–H and O–H groups in total. The van der Waals surface area contributed by atoms with E-state index in [2.05, 4.69) is 15.4 Å². The zero-order chi connectivity index (χ0) is 24.5. The average molecular weight is 466 g/mol. The summed E-state index contributed by atoms with van der Waals surface area (Å²) in [7, 11) is 0. The number of esters is 1. The fourth-order valence-electron chi connectivity index (χ4n) is 3.92. The van der Waals surface area contributed by atoms with Crippen molar-refractivity contribution in [2.24, 2.45) is 0 Å². The number of carbonyl (C=O) groups excluding carboxylic acids is 2. The Labute approximate surface area is 200 Å². The molecule has 0 aliphatic carbocycles. The molecule has 5 aromatic rings. The smallest absolute Gasteiger partial charge is 0.338 e. The Morgan fingerprint density at radius 2 is 1.80 bits per heavy atom. The molecule has 0 atom stereocenters. The molecule has 174 valence electrons. The van der Waals surface area contributed by atoms with E-state index in [4.69, 9.17) is 4.74 Å². The number of pyridine rings is 1. The molecule has 3 aromatic carbocycles. The maximum Gasteiger partial charge on any atom is 0.338 e. The molecule has 1 amide bonds. The van der Waals surface area contributed by atoms with Gasteiger partial charge >= 0.3 is 5.97 Å². The highest BCUT2D eigenvalue weighted by Gasteiger charge is 2.15. The Morgan fingerprint density at radius 3 is 2.57 bits per heavy atom. The number of nitrogens with one attached hydrogen (secondary N) is 2. The SMILES string of the molecule is CCOC(=O)c1cccc(NC(=O)c2ccc3ncc4c(=O)n(-c5ccc(C)cc5)[nH]c4c3c2)c1. The summed E-state index contributed by atoms with van der Waals surface area (Å²) in [5.41, 5.74) is 4.03. The molecular weight excluding hydrogens is 444 g/mol. The number of ether oxygens (including phenoxy) is 1. The highest BCUT2D eigenvalue weighted by atomic mass is 16.5. The number of aromatic nitrogens is 3. The van der Waals surface area contributed by atoms with E-state index in [1.807, 2.05) is 31.2 Å². The van der Waals surface area contributed by atoms with Crippen LogP contribution in [-0.2, 0) is 4.74 Å². The van der Waals surface area contributed by atoms with E-state index in [1.165, 1.54) is 4.68 Å². The second-order valence-electron chi connectivity index (χ2n) is 8.12. The van der Waals surface area contributed by atoms with E-state index in [1.54, 1.807) is 55.6 Å². The van der Waals surface area contributed by atoms with E-state index in [9.17, 15) is 14.4 Å². The van der Waals surface area contributed by atoms with Crippen molar-refractivity contribution in [1.29, 1.82) is 0 Å². The minimum Gasteiger partial charge on any atom is -0.462 e. The summed E-state index contributed by atoms with van der Waals surface area (Å²) < 4.78 is 6.49. The van der Waals surface area contributed by atoms with Crippen LogP contribution in [-0.4, -0.2) is 33.2 Å². The first-order valence-corrected chi connectivity index (χ1v) is 11.1. The minimum atomic E-state index is -0.454. The van der Waals surface area contributed by atoms with Gasteiger partial charge in [0.2, 0.25) is 0 Å². The van der Waals surface area contributed by atoms with E-state index in [0.29, 0.717) is 44.3 Å². The highest BCUT2D eigenvalue weighted by Crippen LogP contribution is 2.23. The fraction of sp³-hybridized carbons (Fsp3) is 0.111. The fourth-order valence-corrected chi connectivity index (χ4v) is 3.92. The molecule has 0 spiro atoms. The van der Waals surface area contributed by atoms with Crippen molar-refractivity contribution >= 4 is 39.4 Å². The van der Waals surface area contributed by atoms with E-state index >= 15 is 0 Å². The van der Waals surface area contributed by atoms with Gasteiger partial charge < -0.3 is 10.1 Å². The van der Waals surface area contributed by atoms with Gasteiger partial charge in [-0.15, -0.1) is 0 Å². The summed E-state index contributed by atoms with van der Waals surface area (Å²) in [6, 6.07) is 19.3. The number of hydrogen-bond acceptors (Lipinski definition) is 5. The molecule has 2 heterocycles. The molecule has 0 aliphatic rings. The van der Waals surface area contributed by atoms with Gasteiger partial charge in [-0.3, -0.25) is 19.7 Å². The lowest BCUT2D eigenvalue weighted by atomic mass is 10.1. The van der Waals surface area contributed by atoms with Crippen molar-refractivity contribution in [3.05, 3.63) is 100.0 Å². The van der Waals surface area contributed by atoms with Crippen LogP contribution in [0.5, 0.6) is 0 Å². The van der Waals surface area contributed by atoms with Gasteiger partial charge in [-0.1, -0.05) is 23.8 Å². The third-order valence-electron chi connectivity index (χ3n) is 5.71. The number of nitrogens with zero attached hydrogens (tertiary/aromatic N) is 2. The summed E-state index contributed by atoms with van der Waals surface area (Å²) in [5.74, 6) is -0.810. The molecule has 0 fully saturated rings. The van der Waals surface area contributed by atoms with Crippen molar-refractivity contribution in [2.45, 2.75) is 13.8 Å². The zero-order valence-electron chi connectivity index (χ0n) is 19.2. The molecule has 35 heavy (non-hydrogen) atoms. The van der Waals surface area contributed by atoms with Crippen molar-refractivity contribution in [1.82, 2.24) is 14.8 Å². The van der Waals surface area contributed by atoms with Gasteiger partial charge in [0.05, 0.1) is 34.3 Å². The second-order valence-corrected chi connectivity index (χ2v) is 8.12. The number of rotatable bonds is 5. The molecule has 0 saturated carbocycles. The number of H-pyrrole nitrogens is 1. The molecule has 5 rings (SSSR count). The normalized spacial score (nSPS) is 11.0. The number of aryl methyl sites for hydroxylation is 1. The molecule has 2 aromatic heterocycles. The van der Waals surface area contributed by atoms with Crippen LogP contribution in [0.15, 0.2) is 77.7 Å². The Morgan fingerprint density at radius 1 is 1.00 bits per heavy atom. The van der Waals surface area contributed by atoms with Crippen LogP contribution in [0, 0.1) is 6.92 Å². The summed E-state index contributed by atoms with van der Waals surface area (Å²) >= 11 is 0. The number of carbonyl (C=O) groups is 2. The first kappa shape index (κ1) is 22.1. The minimum absolute atomic E-state index is 0.219. The van der Waals surface area contributed by atoms with Crippen LogP contribution in [0.3, 0.4) is 0 Å². The average Bonchev–Trinajstić information content (AvgIpc) is 3.21. The number of aromatic amines is 1. The Hall–Kier alpha value is -4.72. The summed E-state index contributed by atoms with van der Waals surface area (Å²) in [4.78, 5) is 42.4. The lowest BCUT2D eigenvalue weighted by molar-refractivity contribution is 0.0526. The molecule has 0 bridgehead atoms. The topological polar surface area (TPSA) is 106 Å². The lowest BCUT2D eigenvalue weighted by Crippen LogP contribution is -2.14. The number of anilines is 1. The molecular formula is C27H22N4O4.